The Labute approximate surface area is 199 Å². The predicted octanol–water partition coefficient (Wildman–Crippen LogP) is 2.62. The maximum Gasteiger partial charge on any atom is 0.373 e. The number of methoxy groups -OCH3 is 2. The van der Waals surface area contributed by atoms with E-state index >= 15 is 0 Å². The fourth-order valence-corrected chi connectivity index (χ4v) is 3.66. The molecule has 0 aliphatic rings. The van der Waals surface area contributed by atoms with Gasteiger partial charge in [-0.3, -0.25) is 9.59 Å². The number of furan rings is 1. The summed E-state index contributed by atoms with van der Waals surface area (Å²) in [6.07, 6.45) is 0. The van der Waals surface area contributed by atoms with Gasteiger partial charge < -0.3 is 24.2 Å². The van der Waals surface area contributed by atoms with E-state index in [-0.39, 0.29) is 34.9 Å². The van der Waals surface area contributed by atoms with Crippen molar-refractivity contribution in [3.05, 3.63) is 98.1 Å². The molecule has 1 unspecified atom stereocenters. The number of fused-ring (bicyclic) bond motifs is 1. The van der Waals surface area contributed by atoms with E-state index in [9.17, 15) is 19.2 Å². The molecule has 0 aliphatic carbocycles. The van der Waals surface area contributed by atoms with Crippen LogP contribution in [0.5, 0.6) is 5.75 Å². The molecule has 2 aromatic carbocycles. The second-order valence-electron chi connectivity index (χ2n) is 7.77. The SMILES string of the molecule is COC(=O)c1ccc(C(C)n2c(=O)[nH]c3ccc(C(=O)NCc4ccc(OC)cc4)cc3c2=O)o1. The maximum atomic E-state index is 13.2. The third-order valence-corrected chi connectivity index (χ3v) is 5.62. The van der Waals surface area contributed by atoms with Gasteiger partial charge in [-0.25, -0.2) is 14.2 Å². The van der Waals surface area contributed by atoms with Crippen LogP contribution in [0.25, 0.3) is 10.9 Å². The van der Waals surface area contributed by atoms with Gasteiger partial charge in [0.1, 0.15) is 11.5 Å². The van der Waals surface area contributed by atoms with E-state index in [0.717, 1.165) is 10.1 Å². The number of carbonyl (C=O) groups is 2. The summed E-state index contributed by atoms with van der Waals surface area (Å²) in [4.78, 5) is 53.0. The summed E-state index contributed by atoms with van der Waals surface area (Å²) in [5.74, 6) is -0.151. The molecular weight excluding hydrogens is 454 g/mol. The van der Waals surface area contributed by atoms with Crippen molar-refractivity contribution in [2.45, 2.75) is 19.5 Å². The van der Waals surface area contributed by atoms with Crippen molar-refractivity contribution in [3.8, 4) is 5.75 Å². The molecule has 0 fully saturated rings. The molecule has 35 heavy (non-hydrogen) atoms. The fraction of sp³-hybridized carbons (Fsp3) is 0.200. The molecule has 0 bridgehead atoms. The Bertz CT molecular complexity index is 1510. The van der Waals surface area contributed by atoms with E-state index in [0.29, 0.717) is 11.3 Å². The lowest BCUT2D eigenvalue weighted by molar-refractivity contribution is 0.0562. The molecule has 4 rings (SSSR count). The molecule has 10 heteroatoms. The number of esters is 1. The van der Waals surface area contributed by atoms with Crippen molar-refractivity contribution >= 4 is 22.8 Å². The average Bonchev–Trinajstić information content (AvgIpc) is 3.37. The number of ether oxygens (including phenoxy) is 2. The minimum absolute atomic E-state index is 0.0459. The van der Waals surface area contributed by atoms with Crippen LogP contribution in [0.15, 0.2) is 68.6 Å². The number of aromatic amines is 1. The molecule has 0 radical (unpaired) electrons. The van der Waals surface area contributed by atoms with Crippen molar-refractivity contribution < 1.29 is 23.5 Å². The van der Waals surface area contributed by atoms with Crippen LogP contribution in [0.1, 0.15) is 45.2 Å². The zero-order valence-electron chi connectivity index (χ0n) is 19.3. The number of H-pyrrole nitrogens is 1. The van der Waals surface area contributed by atoms with E-state index in [4.69, 9.17) is 9.15 Å². The summed E-state index contributed by atoms with van der Waals surface area (Å²) in [6.45, 7) is 1.88. The highest BCUT2D eigenvalue weighted by atomic mass is 16.5. The van der Waals surface area contributed by atoms with E-state index in [2.05, 4.69) is 15.0 Å². The van der Waals surface area contributed by atoms with Crippen molar-refractivity contribution in [2.24, 2.45) is 0 Å². The Morgan fingerprint density at radius 1 is 1.06 bits per heavy atom. The van der Waals surface area contributed by atoms with Crippen molar-refractivity contribution in [1.82, 2.24) is 14.9 Å². The van der Waals surface area contributed by atoms with Gasteiger partial charge in [0.05, 0.1) is 31.2 Å². The highest BCUT2D eigenvalue weighted by Crippen LogP contribution is 2.20. The Balaban J connectivity index is 1.62. The molecule has 1 amide bonds. The highest BCUT2D eigenvalue weighted by molar-refractivity contribution is 5.97. The number of carbonyl (C=O) groups excluding carboxylic acids is 2. The number of nitrogens with one attached hydrogen (secondary N) is 2. The lowest BCUT2D eigenvalue weighted by Gasteiger charge is -2.13. The van der Waals surface area contributed by atoms with E-state index in [1.807, 2.05) is 12.1 Å². The van der Waals surface area contributed by atoms with Crippen LogP contribution in [0.4, 0.5) is 0 Å². The minimum Gasteiger partial charge on any atom is -0.497 e. The van der Waals surface area contributed by atoms with Crippen LogP contribution < -0.4 is 21.3 Å². The summed E-state index contributed by atoms with van der Waals surface area (Å²) in [7, 11) is 2.80. The van der Waals surface area contributed by atoms with E-state index < -0.39 is 23.3 Å². The molecule has 0 aliphatic heterocycles. The number of hydrogen-bond acceptors (Lipinski definition) is 7. The van der Waals surface area contributed by atoms with Gasteiger partial charge in [-0.15, -0.1) is 0 Å². The Morgan fingerprint density at radius 3 is 2.49 bits per heavy atom. The summed E-state index contributed by atoms with van der Waals surface area (Å²) >= 11 is 0. The molecule has 4 aromatic rings. The van der Waals surface area contributed by atoms with E-state index in [1.165, 1.54) is 37.4 Å². The molecule has 2 N–H and O–H groups in total. The number of benzene rings is 2. The molecule has 2 aromatic heterocycles. The number of nitrogens with zero attached hydrogens (tertiary/aromatic N) is 1. The van der Waals surface area contributed by atoms with Crippen molar-refractivity contribution in [1.29, 1.82) is 0 Å². The van der Waals surface area contributed by atoms with Crippen LogP contribution >= 0.6 is 0 Å². The Kier molecular flexibility index (Phi) is 6.54. The lowest BCUT2D eigenvalue weighted by atomic mass is 10.1. The Morgan fingerprint density at radius 2 is 1.80 bits per heavy atom. The molecule has 10 nitrogen and oxygen atoms in total. The summed E-state index contributed by atoms with van der Waals surface area (Å²) in [5.41, 5.74) is 0.190. The van der Waals surface area contributed by atoms with Gasteiger partial charge in [0, 0.05) is 12.1 Å². The lowest BCUT2D eigenvalue weighted by Crippen LogP contribution is -2.37. The molecule has 0 saturated heterocycles. The van der Waals surface area contributed by atoms with E-state index in [1.54, 1.807) is 26.2 Å². The topological polar surface area (TPSA) is 133 Å². The van der Waals surface area contributed by atoms with Crippen molar-refractivity contribution in [3.63, 3.8) is 0 Å². The monoisotopic (exact) mass is 477 g/mol. The smallest absolute Gasteiger partial charge is 0.373 e. The highest BCUT2D eigenvalue weighted by Gasteiger charge is 2.21. The standard InChI is InChI=1S/C25H23N3O7/c1-14(20-10-11-21(35-20)24(31)34-3)28-23(30)18-12-16(6-9-19(18)27-25(28)32)22(29)26-13-15-4-7-17(33-2)8-5-15/h4-12,14H,13H2,1-3H3,(H,26,29)(H,27,32). The van der Waals surface area contributed by atoms with Gasteiger partial charge >= 0.3 is 11.7 Å². The first-order valence-electron chi connectivity index (χ1n) is 10.7. The zero-order valence-corrected chi connectivity index (χ0v) is 19.3. The summed E-state index contributed by atoms with van der Waals surface area (Å²) < 4.78 is 16.2. The molecule has 180 valence electrons. The summed E-state index contributed by atoms with van der Waals surface area (Å²) in [6, 6.07) is 13.8. The van der Waals surface area contributed by atoms with Gasteiger partial charge in [0.15, 0.2) is 0 Å². The Hall–Kier alpha value is -4.60. The largest absolute Gasteiger partial charge is 0.497 e. The molecular formula is C25H23N3O7. The number of aromatic nitrogens is 2. The summed E-state index contributed by atoms with van der Waals surface area (Å²) in [5, 5.41) is 2.97. The fourth-order valence-electron chi connectivity index (χ4n) is 3.66. The van der Waals surface area contributed by atoms with Gasteiger partial charge in [0.2, 0.25) is 5.76 Å². The molecule has 2 heterocycles. The number of rotatable bonds is 7. The zero-order chi connectivity index (χ0) is 25.1. The van der Waals surface area contributed by atoms with Gasteiger partial charge in [0.25, 0.3) is 11.5 Å². The quantitative estimate of drug-likeness (QED) is 0.391. The van der Waals surface area contributed by atoms with Gasteiger partial charge in [-0.05, 0) is 55.0 Å². The minimum atomic E-state index is -0.818. The number of amides is 1. The van der Waals surface area contributed by atoms with Crippen LogP contribution in [-0.4, -0.2) is 35.6 Å². The van der Waals surface area contributed by atoms with Gasteiger partial charge in [-0.1, -0.05) is 12.1 Å². The second-order valence-corrected chi connectivity index (χ2v) is 7.77. The third kappa shape index (κ3) is 4.72. The molecule has 0 spiro atoms. The first-order valence-corrected chi connectivity index (χ1v) is 10.7. The van der Waals surface area contributed by atoms with Crippen LogP contribution in [0.3, 0.4) is 0 Å². The number of hydrogen-bond donors (Lipinski definition) is 2. The average molecular weight is 477 g/mol. The van der Waals surface area contributed by atoms with Crippen LogP contribution in [0.2, 0.25) is 0 Å². The van der Waals surface area contributed by atoms with Gasteiger partial charge in [-0.2, -0.15) is 0 Å². The van der Waals surface area contributed by atoms with Crippen LogP contribution in [-0.2, 0) is 11.3 Å². The predicted molar refractivity (Wildman–Crippen MR) is 127 cm³/mol. The van der Waals surface area contributed by atoms with Crippen molar-refractivity contribution in [2.75, 3.05) is 14.2 Å². The van der Waals surface area contributed by atoms with Crippen LogP contribution in [0, 0.1) is 0 Å². The molecule has 1 atom stereocenters. The molecule has 0 saturated carbocycles. The third-order valence-electron chi connectivity index (χ3n) is 5.62. The first kappa shape index (κ1) is 23.6. The maximum absolute atomic E-state index is 13.2. The normalized spacial score (nSPS) is 11.7. The first-order chi connectivity index (χ1) is 16.8. The second kappa shape index (κ2) is 9.72.